The van der Waals surface area contributed by atoms with Gasteiger partial charge < -0.3 is 24.3 Å². The SMILES string of the molecule is COC1C(O)[C@@H](CO)O[C@H]1c1cn(C)c(=O)[nH]c1=O. The molecule has 1 saturated heterocycles. The van der Waals surface area contributed by atoms with E-state index >= 15 is 0 Å². The summed E-state index contributed by atoms with van der Waals surface area (Å²) in [4.78, 5) is 25.2. The molecule has 2 unspecified atom stereocenters. The van der Waals surface area contributed by atoms with Crippen LogP contribution in [0.4, 0.5) is 0 Å². The van der Waals surface area contributed by atoms with Crippen LogP contribution in [-0.4, -0.2) is 51.8 Å². The summed E-state index contributed by atoms with van der Waals surface area (Å²) in [7, 11) is 2.86. The number of hydrogen-bond acceptors (Lipinski definition) is 6. The molecule has 0 aliphatic carbocycles. The first kappa shape index (κ1) is 13.9. The van der Waals surface area contributed by atoms with Crippen LogP contribution < -0.4 is 11.2 Å². The molecule has 2 heterocycles. The van der Waals surface area contributed by atoms with Crippen LogP contribution in [0.2, 0.25) is 0 Å². The smallest absolute Gasteiger partial charge is 0.328 e. The number of aliphatic hydroxyl groups excluding tert-OH is 2. The molecule has 1 aliphatic rings. The van der Waals surface area contributed by atoms with E-state index in [9.17, 15) is 14.7 Å². The van der Waals surface area contributed by atoms with Crippen LogP contribution in [0.1, 0.15) is 11.7 Å². The summed E-state index contributed by atoms with van der Waals surface area (Å²) in [6.45, 7) is -0.388. The van der Waals surface area contributed by atoms with Crippen LogP contribution >= 0.6 is 0 Å². The summed E-state index contributed by atoms with van der Waals surface area (Å²) < 4.78 is 11.7. The summed E-state index contributed by atoms with van der Waals surface area (Å²) >= 11 is 0. The zero-order valence-corrected chi connectivity index (χ0v) is 10.6. The second-order valence-electron chi connectivity index (χ2n) is 4.42. The van der Waals surface area contributed by atoms with Crippen LogP contribution in [0.5, 0.6) is 0 Å². The van der Waals surface area contributed by atoms with Crippen LogP contribution in [0, 0.1) is 0 Å². The van der Waals surface area contributed by atoms with Gasteiger partial charge in [0, 0.05) is 20.4 Å². The van der Waals surface area contributed by atoms with Crippen LogP contribution in [-0.2, 0) is 16.5 Å². The van der Waals surface area contributed by atoms with Crippen molar-refractivity contribution in [3.8, 4) is 0 Å². The third-order valence-corrected chi connectivity index (χ3v) is 3.23. The fourth-order valence-electron chi connectivity index (χ4n) is 2.19. The number of nitrogens with zero attached hydrogens (tertiary/aromatic N) is 1. The van der Waals surface area contributed by atoms with Gasteiger partial charge in [-0.25, -0.2) is 4.79 Å². The fourth-order valence-corrected chi connectivity index (χ4v) is 2.19. The number of hydrogen-bond donors (Lipinski definition) is 3. The predicted octanol–water partition coefficient (Wildman–Crippen LogP) is -2.12. The maximum Gasteiger partial charge on any atom is 0.328 e. The normalized spacial score (nSPS) is 30.7. The Bertz CT molecular complexity index is 565. The summed E-state index contributed by atoms with van der Waals surface area (Å²) in [5.41, 5.74) is -0.968. The lowest BCUT2D eigenvalue weighted by molar-refractivity contribution is -0.0241. The van der Waals surface area contributed by atoms with Crippen molar-refractivity contribution in [1.82, 2.24) is 9.55 Å². The van der Waals surface area contributed by atoms with Gasteiger partial charge >= 0.3 is 5.69 Å². The van der Waals surface area contributed by atoms with Gasteiger partial charge in [-0.15, -0.1) is 0 Å². The molecule has 2 rings (SSSR count). The van der Waals surface area contributed by atoms with Gasteiger partial charge in [-0.2, -0.15) is 0 Å². The zero-order chi connectivity index (χ0) is 14.2. The van der Waals surface area contributed by atoms with Gasteiger partial charge in [0.25, 0.3) is 5.56 Å². The Hall–Kier alpha value is -1.48. The number of aliphatic hydroxyl groups is 2. The highest BCUT2D eigenvalue weighted by atomic mass is 16.6. The molecule has 106 valence electrons. The minimum Gasteiger partial charge on any atom is -0.394 e. The van der Waals surface area contributed by atoms with Gasteiger partial charge in [-0.3, -0.25) is 9.78 Å². The van der Waals surface area contributed by atoms with Crippen molar-refractivity contribution in [1.29, 1.82) is 0 Å². The van der Waals surface area contributed by atoms with Crippen molar-refractivity contribution in [2.75, 3.05) is 13.7 Å². The van der Waals surface area contributed by atoms with Gasteiger partial charge in [0.1, 0.15) is 24.4 Å². The number of aromatic amines is 1. The number of ether oxygens (including phenoxy) is 2. The average Bonchev–Trinajstić information content (AvgIpc) is 2.70. The van der Waals surface area contributed by atoms with Crippen molar-refractivity contribution in [2.24, 2.45) is 7.05 Å². The molecule has 4 atom stereocenters. The van der Waals surface area contributed by atoms with Crippen LogP contribution in [0.15, 0.2) is 15.8 Å². The Kier molecular flexibility index (Phi) is 3.85. The Morgan fingerprint density at radius 3 is 2.79 bits per heavy atom. The molecular weight excluding hydrogens is 256 g/mol. The number of nitrogens with one attached hydrogen (secondary N) is 1. The van der Waals surface area contributed by atoms with E-state index in [0.29, 0.717) is 0 Å². The first-order valence-corrected chi connectivity index (χ1v) is 5.76. The molecule has 8 nitrogen and oxygen atoms in total. The van der Waals surface area contributed by atoms with E-state index in [-0.39, 0.29) is 12.2 Å². The minimum atomic E-state index is -1.04. The van der Waals surface area contributed by atoms with Gasteiger partial charge in [0.15, 0.2) is 0 Å². The molecule has 0 spiro atoms. The largest absolute Gasteiger partial charge is 0.394 e. The molecule has 1 aromatic heterocycles. The summed E-state index contributed by atoms with van der Waals surface area (Å²) in [5.74, 6) is 0. The first-order valence-electron chi connectivity index (χ1n) is 5.76. The lowest BCUT2D eigenvalue weighted by atomic mass is 10.0. The minimum absolute atomic E-state index is 0.170. The third kappa shape index (κ3) is 2.35. The maximum absolute atomic E-state index is 11.8. The fraction of sp³-hybridized carbons (Fsp3) is 0.636. The molecular formula is C11H16N2O6. The summed E-state index contributed by atoms with van der Waals surface area (Å²) in [5, 5.41) is 19.0. The average molecular weight is 272 g/mol. The molecule has 8 heteroatoms. The molecule has 1 aliphatic heterocycles. The van der Waals surface area contributed by atoms with E-state index in [1.54, 1.807) is 0 Å². The van der Waals surface area contributed by atoms with Crippen molar-refractivity contribution in [3.05, 3.63) is 32.6 Å². The second-order valence-corrected chi connectivity index (χ2v) is 4.42. The number of methoxy groups -OCH3 is 1. The highest BCUT2D eigenvalue weighted by Crippen LogP contribution is 2.33. The van der Waals surface area contributed by atoms with Gasteiger partial charge in [-0.05, 0) is 0 Å². The number of rotatable bonds is 3. The van der Waals surface area contributed by atoms with Gasteiger partial charge in [0.05, 0.1) is 12.2 Å². The van der Waals surface area contributed by atoms with E-state index in [1.165, 1.54) is 24.9 Å². The molecule has 0 radical (unpaired) electrons. The van der Waals surface area contributed by atoms with Crippen LogP contribution in [0.3, 0.4) is 0 Å². The van der Waals surface area contributed by atoms with Crippen molar-refractivity contribution in [2.45, 2.75) is 24.4 Å². The van der Waals surface area contributed by atoms with E-state index < -0.39 is 35.7 Å². The molecule has 19 heavy (non-hydrogen) atoms. The zero-order valence-electron chi connectivity index (χ0n) is 10.6. The molecule has 0 amide bonds. The quantitative estimate of drug-likeness (QED) is 0.580. The van der Waals surface area contributed by atoms with E-state index in [4.69, 9.17) is 14.6 Å². The second kappa shape index (κ2) is 5.25. The van der Waals surface area contributed by atoms with Crippen molar-refractivity contribution < 1.29 is 19.7 Å². The number of aromatic nitrogens is 2. The molecule has 0 saturated carbocycles. The van der Waals surface area contributed by atoms with Crippen molar-refractivity contribution in [3.63, 3.8) is 0 Å². The maximum atomic E-state index is 11.8. The Morgan fingerprint density at radius 1 is 1.53 bits per heavy atom. The lowest BCUT2D eigenvalue weighted by Crippen LogP contribution is -2.36. The molecule has 0 aromatic carbocycles. The monoisotopic (exact) mass is 272 g/mol. The highest BCUT2D eigenvalue weighted by molar-refractivity contribution is 5.14. The van der Waals surface area contributed by atoms with E-state index in [0.717, 1.165) is 0 Å². The predicted molar refractivity (Wildman–Crippen MR) is 63.8 cm³/mol. The summed E-state index contributed by atoms with van der Waals surface area (Å²) in [6.07, 6.45) is -2.16. The topological polar surface area (TPSA) is 114 Å². The molecule has 1 aromatic rings. The molecule has 1 fully saturated rings. The summed E-state index contributed by atoms with van der Waals surface area (Å²) in [6, 6.07) is 0. The Labute approximate surface area is 108 Å². The van der Waals surface area contributed by atoms with E-state index in [2.05, 4.69) is 4.98 Å². The standard InChI is InChI=1S/C11H16N2O6/c1-13-3-5(10(16)12-11(13)17)8-9(18-2)7(15)6(4-14)19-8/h3,6-9,14-15H,4H2,1-2H3,(H,12,16,17)/t6-,7?,8+,9?/m1/s1. The third-order valence-electron chi connectivity index (χ3n) is 3.23. The first-order chi connectivity index (χ1) is 8.99. The number of aryl methyl sites for hydroxylation is 1. The van der Waals surface area contributed by atoms with E-state index in [1.807, 2.05) is 0 Å². The number of H-pyrrole nitrogens is 1. The molecule has 0 bridgehead atoms. The lowest BCUT2D eigenvalue weighted by Gasteiger charge is -2.18. The Morgan fingerprint density at radius 2 is 2.21 bits per heavy atom. The van der Waals surface area contributed by atoms with Crippen molar-refractivity contribution >= 4 is 0 Å². The van der Waals surface area contributed by atoms with Gasteiger partial charge in [-0.1, -0.05) is 0 Å². The molecule has 3 N–H and O–H groups in total. The Balaban J connectivity index is 2.44. The highest BCUT2D eigenvalue weighted by Gasteiger charge is 2.45. The van der Waals surface area contributed by atoms with Crippen LogP contribution in [0.25, 0.3) is 0 Å². The van der Waals surface area contributed by atoms with Gasteiger partial charge in [0.2, 0.25) is 0 Å².